The van der Waals surface area contributed by atoms with E-state index in [-0.39, 0.29) is 24.3 Å². The van der Waals surface area contributed by atoms with E-state index in [4.69, 9.17) is 5.73 Å². The highest BCUT2D eigenvalue weighted by Gasteiger charge is 2.34. The lowest BCUT2D eigenvalue weighted by atomic mass is 9.95. The van der Waals surface area contributed by atoms with Crippen molar-refractivity contribution in [3.05, 3.63) is 0 Å². The van der Waals surface area contributed by atoms with Gasteiger partial charge in [0.1, 0.15) is 0 Å². The third kappa shape index (κ3) is 3.93. The average Bonchev–Trinajstić information content (AvgIpc) is 2.87. The van der Waals surface area contributed by atoms with Gasteiger partial charge in [0, 0.05) is 26.1 Å². The van der Waals surface area contributed by atoms with E-state index >= 15 is 0 Å². The number of nitrogens with zero attached hydrogens (tertiary/aromatic N) is 2. The van der Waals surface area contributed by atoms with Crippen LogP contribution in [0.4, 0.5) is 0 Å². The molecule has 1 saturated carbocycles. The molecule has 5 heteroatoms. The Bertz CT molecular complexity index is 316. The van der Waals surface area contributed by atoms with E-state index in [1.54, 1.807) is 16.8 Å². The standard InChI is InChI=1S/C14H27N3O2/c1-4-17(5-2)13(18)10-16(3)14(19)12-8-6-7-11(12)9-15/h11-12H,4-10,15H2,1-3H3/t11-,12-/m1/s1. The van der Waals surface area contributed by atoms with Crippen LogP contribution in [0.15, 0.2) is 0 Å². The predicted molar refractivity (Wildman–Crippen MR) is 75.5 cm³/mol. The van der Waals surface area contributed by atoms with Gasteiger partial charge >= 0.3 is 0 Å². The molecule has 2 amide bonds. The SMILES string of the molecule is CCN(CC)C(=O)CN(C)C(=O)[C@@H]1CCC[C@@H]1CN. The summed E-state index contributed by atoms with van der Waals surface area (Å²) in [5, 5.41) is 0. The van der Waals surface area contributed by atoms with Crippen LogP contribution >= 0.6 is 0 Å². The lowest BCUT2D eigenvalue weighted by Crippen LogP contribution is -2.44. The van der Waals surface area contributed by atoms with Crippen LogP contribution < -0.4 is 5.73 Å². The molecule has 0 aliphatic heterocycles. The van der Waals surface area contributed by atoms with Crippen LogP contribution in [-0.4, -0.2) is 54.8 Å². The largest absolute Gasteiger partial charge is 0.342 e. The maximum Gasteiger partial charge on any atom is 0.242 e. The smallest absolute Gasteiger partial charge is 0.242 e. The minimum Gasteiger partial charge on any atom is -0.342 e. The highest BCUT2D eigenvalue weighted by Crippen LogP contribution is 2.32. The number of carbonyl (C=O) groups excluding carboxylic acids is 2. The summed E-state index contributed by atoms with van der Waals surface area (Å²) in [4.78, 5) is 27.7. The first-order valence-corrected chi connectivity index (χ1v) is 7.27. The number of carbonyl (C=O) groups is 2. The number of hydrogen-bond acceptors (Lipinski definition) is 3. The topological polar surface area (TPSA) is 66.6 Å². The number of amides is 2. The molecular formula is C14H27N3O2. The normalized spacial score (nSPS) is 22.3. The van der Waals surface area contributed by atoms with Crippen LogP contribution in [0, 0.1) is 11.8 Å². The quantitative estimate of drug-likeness (QED) is 0.771. The van der Waals surface area contributed by atoms with Crippen molar-refractivity contribution in [3.8, 4) is 0 Å². The minimum atomic E-state index is 0.0134. The molecule has 19 heavy (non-hydrogen) atoms. The fourth-order valence-corrected chi connectivity index (χ4v) is 2.88. The van der Waals surface area contributed by atoms with E-state index in [2.05, 4.69) is 0 Å². The van der Waals surface area contributed by atoms with Gasteiger partial charge in [0.25, 0.3) is 0 Å². The van der Waals surface area contributed by atoms with Crippen molar-refractivity contribution in [1.29, 1.82) is 0 Å². The monoisotopic (exact) mass is 269 g/mol. The van der Waals surface area contributed by atoms with E-state index in [1.807, 2.05) is 13.8 Å². The minimum absolute atomic E-state index is 0.0134. The molecule has 2 atom stereocenters. The molecule has 5 nitrogen and oxygen atoms in total. The zero-order valence-corrected chi connectivity index (χ0v) is 12.4. The zero-order chi connectivity index (χ0) is 14.4. The molecule has 2 N–H and O–H groups in total. The number of rotatable bonds is 6. The van der Waals surface area contributed by atoms with Crippen LogP contribution in [-0.2, 0) is 9.59 Å². The molecular weight excluding hydrogens is 242 g/mol. The third-order valence-electron chi connectivity index (χ3n) is 4.14. The second kappa shape index (κ2) is 7.48. The van der Waals surface area contributed by atoms with Gasteiger partial charge in [-0.05, 0) is 39.2 Å². The van der Waals surface area contributed by atoms with Gasteiger partial charge in [0.05, 0.1) is 6.54 Å². The van der Waals surface area contributed by atoms with Crippen molar-refractivity contribution in [2.75, 3.05) is 33.2 Å². The first kappa shape index (κ1) is 16.0. The summed E-state index contributed by atoms with van der Waals surface area (Å²) in [5.41, 5.74) is 5.71. The Morgan fingerprint density at radius 1 is 1.21 bits per heavy atom. The lowest BCUT2D eigenvalue weighted by Gasteiger charge is -2.26. The van der Waals surface area contributed by atoms with Gasteiger partial charge in [0.15, 0.2) is 0 Å². The van der Waals surface area contributed by atoms with Gasteiger partial charge in [-0.1, -0.05) is 6.42 Å². The highest BCUT2D eigenvalue weighted by atomic mass is 16.2. The molecule has 0 aromatic rings. The summed E-state index contributed by atoms with van der Waals surface area (Å²) < 4.78 is 0. The fraction of sp³-hybridized carbons (Fsp3) is 0.857. The third-order valence-corrected chi connectivity index (χ3v) is 4.14. The second-order valence-corrected chi connectivity index (χ2v) is 5.29. The Kier molecular flexibility index (Phi) is 6.28. The molecule has 0 bridgehead atoms. The molecule has 1 aliphatic rings. The Labute approximate surface area is 116 Å². The van der Waals surface area contributed by atoms with Gasteiger partial charge in [-0.3, -0.25) is 9.59 Å². The van der Waals surface area contributed by atoms with Gasteiger partial charge in [0.2, 0.25) is 11.8 Å². The van der Waals surface area contributed by atoms with E-state index < -0.39 is 0 Å². The first-order chi connectivity index (χ1) is 9.04. The van der Waals surface area contributed by atoms with Gasteiger partial charge in [-0.2, -0.15) is 0 Å². The van der Waals surface area contributed by atoms with E-state index in [0.29, 0.717) is 25.6 Å². The Balaban J connectivity index is 2.55. The van der Waals surface area contributed by atoms with Crippen LogP contribution in [0.2, 0.25) is 0 Å². The first-order valence-electron chi connectivity index (χ1n) is 7.27. The molecule has 1 fully saturated rings. The summed E-state index contributed by atoms with van der Waals surface area (Å²) in [5.74, 6) is 0.398. The summed E-state index contributed by atoms with van der Waals surface area (Å²) in [6, 6.07) is 0. The van der Waals surface area contributed by atoms with Crippen LogP contribution in [0.5, 0.6) is 0 Å². The molecule has 0 aromatic heterocycles. The van der Waals surface area contributed by atoms with Crippen molar-refractivity contribution >= 4 is 11.8 Å². The molecule has 0 aromatic carbocycles. The van der Waals surface area contributed by atoms with Crippen molar-refractivity contribution in [2.24, 2.45) is 17.6 Å². The lowest BCUT2D eigenvalue weighted by molar-refractivity contribution is -0.142. The predicted octanol–water partition coefficient (Wildman–Crippen LogP) is 0.688. The van der Waals surface area contributed by atoms with Crippen molar-refractivity contribution in [3.63, 3.8) is 0 Å². The number of likely N-dealkylation sites (N-methyl/N-ethyl adjacent to an activating group) is 2. The van der Waals surface area contributed by atoms with Gasteiger partial charge in [-0.25, -0.2) is 0 Å². The molecule has 0 radical (unpaired) electrons. The van der Waals surface area contributed by atoms with E-state index in [9.17, 15) is 9.59 Å². The Morgan fingerprint density at radius 2 is 1.84 bits per heavy atom. The molecule has 0 heterocycles. The maximum absolute atomic E-state index is 12.3. The van der Waals surface area contributed by atoms with Crippen LogP contribution in [0.3, 0.4) is 0 Å². The van der Waals surface area contributed by atoms with Crippen molar-refractivity contribution in [2.45, 2.75) is 33.1 Å². The van der Waals surface area contributed by atoms with Crippen molar-refractivity contribution in [1.82, 2.24) is 9.80 Å². The molecule has 0 saturated heterocycles. The molecule has 1 aliphatic carbocycles. The molecule has 0 unspecified atom stereocenters. The Hall–Kier alpha value is -1.10. The number of hydrogen-bond donors (Lipinski definition) is 1. The second-order valence-electron chi connectivity index (χ2n) is 5.29. The van der Waals surface area contributed by atoms with Crippen molar-refractivity contribution < 1.29 is 9.59 Å². The van der Waals surface area contributed by atoms with Crippen LogP contribution in [0.25, 0.3) is 0 Å². The fourth-order valence-electron chi connectivity index (χ4n) is 2.88. The molecule has 1 rings (SSSR count). The van der Waals surface area contributed by atoms with Gasteiger partial charge < -0.3 is 15.5 Å². The summed E-state index contributed by atoms with van der Waals surface area (Å²) in [7, 11) is 1.72. The Morgan fingerprint density at radius 3 is 2.37 bits per heavy atom. The summed E-state index contributed by atoms with van der Waals surface area (Å²) >= 11 is 0. The molecule has 0 spiro atoms. The average molecular weight is 269 g/mol. The zero-order valence-electron chi connectivity index (χ0n) is 12.4. The molecule has 110 valence electrons. The summed E-state index contributed by atoms with van der Waals surface area (Å²) in [6.45, 7) is 6.01. The maximum atomic E-state index is 12.3. The van der Waals surface area contributed by atoms with E-state index in [0.717, 1.165) is 19.3 Å². The summed E-state index contributed by atoms with van der Waals surface area (Å²) in [6.07, 6.45) is 3.01. The highest BCUT2D eigenvalue weighted by molar-refractivity contribution is 5.86. The van der Waals surface area contributed by atoms with Gasteiger partial charge in [-0.15, -0.1) is 0 Å². The number of nitrogens with two attached hydrogens (primary N) is 1. The van der Waals surface area contributed by atoms with E-state index in [1.165, 1.54) is 0 Å². The van der Waals surface area contributed by atoms with Crippen LogP contribution in [0.1, 0.15) is 33.1 Å².